The third-order valence-electron chi connectivity index (χ3n) is 3.30. The normalized spacial score (nSPS) is 20.3. The zero-order valence-corrected chi connectivity index (χ0v) is 10.6. The molecule has 1 amide bonds. The number of nitrogens with zero attached hydrogens (tertiary/aromatic N) is 1. The minimum Gasteiger partial charge on any atom is -0.355 e. The van der Waals surface area contributed by atoms with E-state index in [1.54, 1.807) is 0 Å². The predicted octanol–water partition coefficient (Wildman–Crippen LogP) is 0.444. The first kappa shape index (κ1) is 13.5. The van der Waals surface area contributed by atoms with Crippen molar-refractivity contribution in [3.05, 3.63) is 0 Å². The fourth-order valence-electron chi connectivity index (χ4n) is 1.93. The van der Waals surface area contributed by atoms with Crippen molar-refractivity contribution in [2.24, 2.45) is 5.92 Å². The lowest BCUT2D eigenvalue weighted by atomic mass is 10.0. The summed E-state index contributed by atoms with van der Waals surface area (Å²) in [6.07, 6.45) is 2.94. The lowest BCUT2D eigenvalue weighted by Crippen LogP contribution is -2.33. The summed E-state index contributed by atoms with van der Waals surface area (Å²) in [5, 5.41) is 6.29. The topological polar surface area (TPSA) is 44.4 Å². The number of hydrogen-bond donors (Lipinski definition) is 2. The Labute approximate surface area is 98.8 Å². The summed E-state index contributed by atoms with van der Waals surface area (Å²) in [5.74, 6) is 0.917. The molecule has 1 unspecified atom stereocenters. The van der Waals surface area contributed by atoms with Crippen LogP contribution in [-0.2, 0) is 4.79 Å². The van der Waals surface area contributed by atoms with Gasteiger partial charge < -0.3 is 15.5 Å². The molecule has 0 saturated carbocycles. The van der Waals surface area contributed by atoms with Crippen LogP contribution < -0.4 is 10.6 Å². The molecule has 1 saturated heterocycles. The smallest absolute Gasteiger partial charge is 0.220 e. The summed E-state index contributed by atoms with van der Waals surface area (Å²) in [7, 11) is 2.07. The highest BCUT2D eigenvalue weighted by atomic mass is 16.1. The van der Waals surface area contributed by atoms with Gasteiger partial charge >= 0.3 is 0 Å². The lowest BCUT2D eigenvalue weighted by molar-refractivity contribution is -0.121. The van der Waals surface area contributed by atoms with Gasteiger partial charge in [-0.15, -0.1) is 0 Å². The molecular formula is C12H25N3O. The van der Waals surface area contributed by atoms with E-state index < -0.39 is 0 Å². The van der Waals surface area contributed by atoms with E-state index >= 15 is 0 Å². The Morgan fingerprint density at radius 3 is 3.00 bits per heavy atom. The van der Waals surface area contributed by atoms with Crippen LogP contribution in [-0.4, -0.2) is 50.6 Å². The van der Waals surface area contributed by atoms with Crippen molar-refractivity contribution in [1.82, 2.24) is 15.5 Å². The van der Waals surface area contributed by atoms with Crippen LogP contribution in [0.3, 0.4) is 0 Å². The van der Waals surface area contributed by atoms with E-state index in [0.717, 1.165) is 39.1 Å². The molecular weight excluding hydrogens is 202 g/mol. The summed E-state index contributed by atoms with van der Waals surface area (Å²) >= 11 is 0. The monoisotopic (exact) mass is 227 g/mol. The van der Waals surface area contributed by atoms with Gasteiger partial charge in [-0.25, -0.2) is 0 Å². The van der Waals surface area contributed by atoms with E-state index in [1.807, 2.05) is 0 Å². The summed E-state index contributed by atoms with van der Waals surface area (Å²) in [4.78, 5) is 13.7. The van der Waals surface area contributed by atoms with Crippen molar-refractivity contribution >= 4 is 5.91 Å². The predicted molar refractivity (Wildman–Crippen MR) is 66.4 cm³/mol. The number of carbonyl (C=O) groups excluding carboxylic acids is 1. The van der Waals surface area contributed by atoms with Crippen molar-refractivity contribution in [3.8, 4) is 0 Å². The number of amides is 1. The molecule has 94 valence electrons. The van der Waals surface area contributed by atoms with Gasteiger partial charge in [-0.1, -0.05) is 6.92 Å². The van der Waals surface area contributed by atoms with Gasteiger partial charge in [0.25, 0.3) is 0 Å². The largest absolute Gasteiger partial charge is 0.355 e. The number of likely N-dealkylation sites (N-methyl/N-ethyl adjacent to an activating group) is 1. The second kappa shape index (κ2) is 7.63. The summed E-state index contributed by atoms with van der Waals surface area (Å²) in [6, 6.07) is 0. The quantitative estimate of drug-likeness (QED) is 0.663. The molecule has 0 aliphatic carbocycles. The molecule has 1 aliphatic rings. The second-order valence-corrected chi connectivity index (χ2v) is 4.64. The summed E-state index contributed by atoms with van der Waals surface area (Å²) in [6.45, 7) is 7.07. The Hall–Kier alpha value is -0.610. The molecule has 0 aromatic heterocycles. The maximum absolute atomic E-state index is 11.5. The van der Waals surface area contributed by atoms with Crippen LogP contribution in [0.1, 0.15) is 26.2 Å². The molecule has 0 spiro atoms. The van der Waals surface area contributed by atoms with Gasteiger partial charge in [-0.3, -0.25) is 4.79 Å². The van der Waals surface area contributed by atoms with Gasteiger partial charge in [-0.2, -0.15) is 0 Å². The van der Waals surface area contributed by atoms with Crippen molar-refractivity contribution in [2.75, 3.05) is 39.8 Å². The van der Waals surface area contributed by atoms with E-state index in [0.29, 0.717) is 12.3 Å². The first-order chi connectivity index (χ1) is 7.72. The first-order valence-corrected chi connectivity index (χ1v) is 6.38. The van der Waals surface area contributed by atoms with Gasteiger partial charge in [-0.05, 0) is 45.4 Å². The number of nitrogens with one attached hydrogen (secondary N) is 2. The second-order valence-electron chi connectivity index (χ2n) is 4.64. The van der Waals surface area contributed by atoms with Crippen LogP contribution in [0.5, 0.6) is 0 Å². The van der Waals surface area contributed by atoms with Crippen molar-refractivity contribution in [2.45, 2.75) is 26.2 Å². The fourth-order valence-corrected chi connectivity index (χ4v) is 1.93. The molecule has 1 atom stereocenters. The zero-order chi connectivity index (χ0) is 11.8. The first-order valence-electron chi connectivity index (χ1n) is 6.38. The maximum atomic E-state index is 11.5. The fraction of sp³-hybridized carbons (Fsp3) is 0.917. The molecule has 4 heteroatoms. The van der Waals surface area contributed by atoms with E-state index in [1.165, 1.54) is 6.42 Å². The van der Waals surface area contributed by atoms with Crippen LogP contribution >= 0.6 is 0 Å². The Morgan fingerprint density at radius 1 is 1.56 bits per heavy atom. The van der Waals surface area contributed by atoms with Gasteiger partial charge in [0.1, 0.15) is 0 Å². The molecule has 1 fully saturated rings. The minimum atomic E-state index is 0.205. The Balaban J connectivity index is 1.97. The van der Waals surface area contributed by atoms with Crippen LogP contribution in [0.25, 0.3) is 0 Å². The summed E-state index contributed by atoms with van der Waals surface area (Å²) < 4.78 is 0. The SMILES string of the molecule is CCN(C)CCNC(=O)CCC1CCNC1. The maximum Gasteiger partial charge on any atom is 0.220 e. The molecule has 1 aliphatic heterocycles. The van der Waals surface area contributed by atoms with Crippen molar-refractivity contribution < 1.29 is 4.79 Å². The van der Waals surface area contributed by atoms with E-state index in [-0.39, 0.29) is 5.91 Å². The van der Waals surface area contributed by atoms with Crippen molar-refractivity contribution in [3.63, 3.8) is 0 Å². The Morgan fingerprint density at radius 2 is 2.38 bits per heavy atom. The Bertz CT molecular complexity index is 202. The third-order valence-corrected chi connectivity index (χ3v) is 3.30. The average molecular weight is 227 g/mol. The van der Waals surface area contributed by atoms with Gasteiger partial charge in [0.05, 0.1) is 0 Å². The molecule has 1 rings (SSSR count). The number of rotatable bonds is 7. The number of hydrogen-bond acceptors (Lipinski definition) is 3. The molecule has 4 nitrogen and oxygen atoms in total. The zero-order valence-electron chi connectivity index (χ0n) is 10.6. The van der Waals surface area contributed by atoms with Crippen LogP contribution in [0.2, 0.25) is 0 Å². The van der Waals surface area contributed by atoms with Gasteiger partial charge in [0, 0.05) is 19.5 Å². The van der Waals surface area contributed by atoms with Crippen molar-refractivity contribution in [1.29, 1.82) is 0 Å². The van der Waals surface area contributed by atoms with Gasteiger partial charge in [0.2, 0.25) is 5.91 Å². The molecule has 0 aromatic rings. The highest BCUT2D eigenvalue weighted by Gasteiger charge is 2.15. The highest BCUT2D eigenvalue weighted by Crippen LogP contribution is 2.13. The molecule has 2 N–H and O–H groups in total. The van der Waals surface area contributed by atoms with Crippen LogP contribution in [0, 0.1) is 5.92 Å². The minimum absolute atomic E-state index is 0.205. The highest BCUT2D eigenvalue weighted by molar-refractivity contribution is 5.75. The molecule has 0 bridgehead atoms. The lowest BCUT2D eigenvalue weighted by Gasteiger charge is -2.14. The van der Waals surface area contributed by atoms with Crippen LogP contribution in [0.4, 0.5) is 0 Å². The van der Waals surface area contributed by atoms with E-state index in [2.05, 4.69) is 29.5 Å². The molecule has 1 heterocycles. The van der Waals surface area contributed by atoms with Crippen LogP contribution in [0.15, 0.2) is 0 Å². The molecule has 16 heavy (non-hydrogen) atoms. The molecule has 0 aromatic carbocycles. The molecule has 0 radical (unpaired) electrons. The van der Waals surface area contributed by atoms with E-state index in [4.69, 9.17) is 0 Å². The number of carbonyl (C=O) groups is 1. The Kier molecular flexibility index (Phi) is 6.42. The standard InChI is InChI=1S/C12H25N3O/c1-3-15(2)9-8-14-12(16)5-4-11-6-7-13-10-11/h11,13H,3-10H2,1-2H3,(H,14,16). The third kappa shape index (κ3) is 5.47. The van der Waals surface area contributed by atoms with Gasteiger partial charge in [0.15, 0.2) is 0 Å². The summed E-state index contributed by atoms with van der Waals surface area (Å²) in [5.41, 5.74) is 0. The van der Waals surface area contributed by atoms with E-state index in [9.17, 15) is 4.79 Å². The average Bonchev–Trinajstić information content (AvgIpc) is 2.79.